The number of imide groups is 2. The van der Waals surface area contributed by atoms with E-state index in [1.807, 2.05) is 13.0 Å². The van der Waals surface area contributed by atoms with Crippen LogP contribution in [0.1, 0.15) is 12.5 Å². The normalized spacial score (nSPS) is 15.8. The standard InChI is InChI=1S/C22H21BrN2O5/c1-3-30-19-10-9-16(23)13-15(19)14-18-20(26)24(11-12-29-2)22(28)25(21(18)27)17-7-5-4-6-8-17/h4-10,13-14H,3,11-12H2,1-2H3/b18-14-. The fourth-order valence-electron chi connectivity index (χ4n) is 3.03. The number of urea groups is 1. The Balaban J connectivity index is 2.11. The fourth-order valence-corrected chi connectivity index (χ4v) is 3.41. The second-order valence-electron chi connectivity index (χ2n) is 6.38. The van der Waals surface area contributed by atoms with Gasteiger partial charge in [0.1, 0.15) is 11.3 Å². The molecule has 30 heavy (non-hydrogen) atoms. The first kappa shape index (κ1) is 21.7. The van der Waals surface area contributed by atoms with E-state index in [1.165, 1.54) is 13.2 Å². The van der Waals surface area contributed by atoms with Gasteiger partial charge in [-0.1, -0.05) is 34.1 Å². The molecule has 8 heteroatoms. The SMILES string of the molecule is CCOc1ccc(Br)cc1/C=C1/C(=O)N(CCOC)C(=O)N(c2ccccc2)C1=O. The van der Waals surface area contributed by atoms with E-state index < -0.39 is 17.8 Å². The number of ether oxygens (including phenoxy) is 2. The highest BCUT2D eigenvalue weighted by atomic mass is 79.9. The maximum atomic E-state index is 13.2. The zero-order valence-electron chi connectivity index (χ0n) is 16.6. The van der Waals surface area contributed by atoms with Crippen LogP contribution in [0.5, 0.6) is 5.75 Å². The molecule has 156 valence electrons. The van der Waals surface area contributed by atoms with Gasteiger partial charge in [-0.25, -0.2) is 9.69 Å². The number of para-hydroxylation sites is 1. The Hall–Kier alpha value is -2.97. The monoisotopic (exact) mass is 472 g/mol. The van der Waals surface area contributed by atoms with Gasteiger partial charge in [0.05, 0.1) is 25.4 Å². The van der Waals surface area contributed by atoms with Crippen LogP contribution in [0.3, 0.4) is 0 Å². The molecule has 0 atom stereocenters. The highest BCUT2D eigenvalue weighted by Gasteiger charge is 2.42. The third-order valence-corrected chi connectivity index (χ3v) is 4.93. The Kier molecular flexibility index (Phi) is 7.02. The van der Waals surface area contributed by atoms with E-state index in [0.717, 1.165) is 14.3 Å². The molecule has 3 rings (SSSR count). The van der Waals surface area contributed by atoms with Crippen molar-refractivity contribution in [2.24, 2.45) is 0 Å². The molecule has 4 amide bonds. The largest absolute Gasteiger partial charge is 0.493 e. The molecule has 0 bridgehead atoms. The van der Waals surface area contributed by atoms with Crippen LogP contribution in [0.2, 0.25) is 0 Å². The molecule has 1 saturated heterocycles. The lowest BCUT2D eigenvalue weighted by atomic mass is 10.0. The van der Waals surface area contributed by atoms with E-state index in [-0.39, 0.29) is 18.7 Å². The Morgan fingerprint density at radius 2 is 1.77 bits per heavy atom. The van der Waals surface area contributed by atoms with Gasteiger partial charge >= 0.3 is 6.03 Å². The minimum absolute atomic E-state index is 0.0267. The van der Waals surface area contributed by atoms with Gasteiger partial charge in [0.25, 0.3) is 11.8 Å². The van der Waals surface area contributed by atoms with Gasteiger partial charge in [-0.15, -0.1) is 0 Å². The lowest BCUT2D eigenvalue weighted by Crippen LogP contribution is -2.57. The number of rotatable bonds is 7. The quantitative estimate of drug-likeness (QED) is 0.451. The van der Waals surface area contributed by atoms with Crippen LogP contribution in [0.15, 0.2) is 58.6 Å². The number of hydrogen-bond acceptors (Lipinski definition) is 5. The number of anilines is 1. The highest BCUT2D eigenvalue weighted by molar-refractivity contribution is 9.10. The first-order valence-electron chi connectivity index (χ1n) is 9.36. The molecule has 2 aromatic carbocycles. The number of halogens is 1. The van der Waals surface area contributed by atoms with Gasteiger partial charge in [-0.3, -0.25) is 14.5 Å². The molecule has 7 nitrogen and oxygen atoms in total. The summed E-state index contributed by atoms with van der Waals surface area (Å²) in [4.78, 5) is 41.3. The Bertz CT molecular complexity index is 990. The Morgan fingerprint density at radius 1 is 1.03 bits per heavy atom. The predicted octanol–water partition coefficient (Wildman–Crippen LogP) is 3.87. The molecule has 0 spiro atoms. The zero-order valence-corrected chi connectivity index (χ0v) is 18.2. The summed E-state index contributed by atoms with van der Waals surface area (Å²) in [5.41, 5.74) is 0.804. The molecule has 0 N–H and O–H groups in total. The maximum absolute atomic E-state index is 13.2. The summed E-state index contributed by atoms with van der Waals surface area (Å²) in [6.07, 6.45) is 1.46. The summed E-state index contributed by atoms with van der Waals surface area (Å²) in [6, 6.07) is 13.1. The molecule has 1 aliphatic heterocycles. The minimum atomic E-state index is -0.704. The highest BCUT2D eigenvalue weighted by Crippen LogP contribution is 2.30. The summed E-state index contributed by atoms with van der Waals surface area (Å²) in [6.45, 7) is 2.45. The van der Waals surface area contributed by atoms with Gasteiger partial charge in [-0.05, 0) is 43.3 Å². The first-order chi connectivity index (χ1) is 14.5. The van der Waals surface area contributed by atoms with Gasteiger partial charge in [-0.2, -0.15) is 0 Å². The van der Waals surface area contributed by atoms with E-state index >= 15 is 0 Å². The van der Waals surface area contributed by atoms with Crippen molar-refractivity contribution in [1.82, 2.24) is 4.90 Å². The van der Waals surface area contributed by atoms with Crippen molar-refractivity contribution >= 4 is 45.5 Å². The lowest BCUT2D eigenvalue weighted by molar-refractivity contribution is -0.129. The second kappa shape index (κ2) is 9.69. The van der Waals surface area contributed by atoms with Crippen LogP contribution in [-0.2, 0) is 14.3 Å². The molecule has 0 aliphatic carbocycles. The van der Waals surface area contributed by atoms with Crippen LogP contribution >= 0.6 is 15.9 Å². The Morgan fingerprint density at radius 3 is 2.43 bits per heavy atom. The van der Waals surface area contributed by atoms with Crippen molar-refractivity contribution in [3.8, 4) is 5.75 Å². The van der Waals surface area contributed by atoms with Crippen LogP contribution in [-0.4, -0.2) is 49.6 Å². The van der Waals surface area contributed by atoms with Crippen LogP contribution in [0, 0.1) is 0 Å². The van der Waals surface area contributed by atoms with E-state index in [2.05, 4.69) is 15.9 Å². The number of amides is 4. The average molecular weight is 473 g/mol. The number of nitrogens with zero attached hydrogens (tertiary/aromatic N) is 2. The van der Waals surface area contributed by atoms with Crippen molar-refractivity contribution in [1.29, 1.82) is 0 Å². The second-order valence-corrected chi connectivity index (χ2v) is 7.30. The third-order valence-electron chi connectivity index (χ3n) is 4.44. The molecule has 0 saturated carbocycles. The van der Waals surface area contributed by atoms with E-state index in [9.17, 15) is 14.4 Å². The van der Waals surface area contributed by atoms with E-state index in [0.29, 0.717) is 23.6 Å². The van der Waals surface area contributed by atoms with Gasteiger partial charge < -0.3 is 9.47 Å². The number of hydrogen-bond donors (Lipinski definition) is 0. The summed E-state index contributed by atoms with van der Waals surface area (Å²) >= 11 is 3.40. The molecule has 1 heterocycles. The number of carbonyl (C=O) groups is 3. The molecule has 0 unspecified atom stereocenters. The van der Waals surface area contributed by atoms with Gasteiger partial charge in [0, 0.05) is 17.1 Å². The average Bonchev–Trinajstić information content (AvgIpc) is 2.74. The van der Waals surface area contributed by atoms with Crippen molar-refractivity contribution < 1.29 is 23.9 Å². The molecule has 1 aliphatic rings. The molecule has 0 radical (unpaired) electrons. The van der Waals surface area contributed by atoms with Gasteiger partial charge in [0.2, 0.25) is 0 Å². The number of carbonyl (C=O) groups excluding carboxylic acids is 3. The summed E-state index contributed by atoms with van der Waals surface area (Å²) in [7, 11) is 1.48. The van der Waals surface area contributed by atoms with E-state index in [4.69, 9.17) is 9.47 Å². The maximum Gasteiger partial charge on any atom is 0.338 e. The molecule has 1 fully saturated rings. The lowest BCUT2D eigenvalue weighted by Gasteiger charge is -2.33. The van der Waals surface area contributed by atoms with Crippen molar-refractivity contribution in [2.45, 2.75) is 6.92 Å². The van der Waals surface area contributed by atoms with Crippen molar-refractivity contribution in [3.05, 3.63) is 64.1 Å². The van der Waals surface area contributed by atoms with Crippen molar-refractivity contribution in [2.75, 3.05) is 31.8 Å². The zero-order chi connectivity index (χ0) is 21.7. The smallest absolute Gasteiger partial charge is 0.338 e. The summed E-state index contributed by atoms with van der Waals surface area (Å²) in [5, 5.41) is 0. The predicted molar refractivity (Wildman–Crippen MR) is 116 cm³/mol. The van der Waals surface area contributed by atoms with Crippen LogP contribution < -0.4 is 9.64 Å². The molecule has 0 aromatic heterocycles. The van der Waals surface area contributed by atoms with Crippen LogP contribution in [0.25, 0.3) is 6.08 Å². The molecular formula is C22H21BrN2O5. The third kappa shape index (κ3) is 4.44. The minimum Gasteiger partial charge on any atom is -0.493 e. The molecule has 2 aromatic rings. The van der Waals surface area contributed by atoms with Gasteiger partial charge in [0.15, 0.2) is 0 Å². The number of barbiturate groups is 1. The van der Waals surface area contributed by atoms with Crippen molar-refractivity contribution in [3.63, 3.8) is 0 Å². The number of methoxy groups -OCH3 is 1. The summed E-state index contributed by atoms with van der Waals surface area (Å²) < 4.78 is 11.4. The Labute approximate surface area is 183 Å². The number of benzene rings is 2. The van der Waals surface area contributed by atoms with Crippen LogP contribution in [0.4, 0.5) is 10.5 Å². The summed E-state index contributed by atoms with van der Waals surface area (Å²) in [5.74, 6) is -0.829. The van der Waals surface area contributed by atoms with E-state index in [1.54, 1.807) is 42.5 Å². The first-order valence-corrected chi connectivity index (χ1v) is 10.2. The molecular weight excluding hydrogens is 452 g/mol. The fraction of sp³-hybridized carbons (Fsp3) is 0.227. The topological polar surface area (TPSA) is 76.2 Å².